The maximum absolute atomic E-state index is 12.4. The second-order valence-corrected chi connectivity index (χ2v) is 8.34. The maximum Gasteiger partial charge on any atom is 0.240 e. The number of nitrogens with zero attached hydrogens (tertiary/aromatic N) is 2. The molecule has 3 heterocycles. The lowest BCUT2D eigenvalue weighted by Gasteiger charge is -2.16. The van der Waals surface area contributed by atoms with Gasteiger partial charge in [0, 0.05) is 40.6 Å². The van der Waals surface area contributed by atoms with Gasteiger partial charge in [0.1, 0.15) is 0 Å². The van der Waals surface area contributed by atoms with Crippen LogP contribution in [-0.4, -0.2) is 27.2 Å². The average molecular weight is 412 g/mol. The molecule has 0 spiro atoms. The van der Waals surface area contributed by atoms with Crippen LogP contribution in [0.25, 0.3) is 22.2 Å². The van der Waals surface area contributed by atoms with E-state index in [1.807, 2.05) is 30.2 Å². The van der Waals surface area contributed by atoms with Crippen LogP contribution in [0.15, 0.2) is 36.5 Å². The molecular weight excluding hydrogens is 390 g/mol. The molecule has 1 aromatic carbocycles. The van der Waals surface area contributed by atoms with Crippen LogP contribution in [0.4, 0.5) is 5.69 Å². The summed E-state index contributed by atoms with van der Waals surface area (Å²) in [7, 11) is 0. The van der Waals surface area contributed by atoms with E-state index in [4.69, 9.17) is 0 Å². The predicted molar refractivity (Wildman–Crippen MR) is 110 cm³/mol. The Labute approximate surface area is 161 Å². The number of anilines is 1. The van der Waals surface area contributed by atoms with E-state index in [1.165, 1.54) is 10.9 Å². The fourth-order valence-corrected chi connectivity index (χ4v) is 4.25. The molecule has 0 aliphatic carbocycles. The van der Waals surface area contributed by atoms with Gasteiger partial charge in [0.05, 0.1) is 10.5 Å². The number of halogens is 1. The average Bonchev–Trinajstić information content (AvgIpc) is 3.15. The number of nitrogens with one attached hydrogen (secondary N) is 1. The second kappa shape index (κ2) is 6.54. The van der Waals surface area contributed by atoms with Gasteiger partial charge in [0.25, 0.3) is 0 Å². The highest BCUT2D eigenvalue weighted by Crippen LogP contribution is 2.38. The standard InChI is InChI=1S/C21H22BrN3O/c1-12(2)19-16-11-15(25-9-7-17(22)21(25)26)4-5-18(16)24-20(19)14-6-8-23-13(3)10-14/h4-6,8,10-12,17,24H,7,9H2,1-3H3. The van der Waals surface area contributed by atoms with Crippen molar-refractivity contribution in [3.05, 3.63) is 47.8 Å². The highest BCUT2D eigenvalue weighted by molar-refractivity contribution is 9.10. The minimum absolute atomic E-state index is 0.0654. The van der Waals surface area contributed by atoms with Gasteiger partial charge < -0.3 is 9.88 Å². The molecule has 0 bridgehead atoms. The van der Waals surface area contributed by atoms with E-state index >= 15 is 0 Å². The lowest BCUT2D eigenvalue weighted by atomic mass is 9.96. The van der Waals surface area contributed by atoms with Gasteiger partial charge in [-0.15, -0.1) is 0 Å². The normalized spacial score (nSPS) is 17.7. The first-order chi connectivity index (χ1) is 12.5. The number of aromatic amines is 1. The quantitative estimate of drug-likeness (QED) is 0.604. The van der Waals surface area contributed by atoms with Crippen LogP contribution in [0, 0.1) is 6.92 Å². The Morgan fingerprint density at radius 1 is 1.27 bits per heavy atom. The predicted octanol–water partition coefficient (Wildman–Crippen LogP) is 5.16. The van der Waals surface area contributed by atoms with Crippen LogP contribution in [0.3, 0.4) is 0 Å². The number of H-pyrrole nitrogens is 1. The Bertz CT molecular complexity index is 992. The zero-order chi connectivity index (χ0) is 18.4. The molecule has 1 N–H and O–H groups in total. The third-order valence-electron chi connectivity index (χ3n) is 5.04. The number of alkyl halides is 1. The third-order valence-corrected chi connectivity index (χ3v) is 5.89. The fourth-order valence-electron chi connectivity index (χ4n) is 3.80. The van der Waals surface area contributed by atoms with Crippen molar-refractivity contribution in [1.82, 2.24) is 9.97 Å². The van der Waals surface area contributed by atoms with E-state index in [0.29, 0.717) is 5.92 Å². The summed E-state index contributed by atoms with van der Waals surface area (Å²) in [5.74, 6) is 0.511. The molecule has 2 aromatic heterocycles. The largest absolute Gasteiger partial charge is 0.354 e. The van der Waals surface area contributed by atoms with Crippen molar-refractivity contribution in [2.75, 3.05) is 11.4 Å². The van der Waals surface area contributed by atoms with Crippen molar-refractivity contribution < 1.29 is 4.79 Å². The summed E-state index contributed by atoms with van der Waals surface area (Å²) in [4.78, 5) is 22.1. The van der Waals surface area contributed by atoms with E-state index in [2.05, 4.69) is 57.9 Å². The van der Waals surface area contributed by atoms with Crippen LogP contribution in [0.1, 0.15) is 37.4 Å². The Hall–Kier alpha value is -2.14. The van der Waals surface area contributed by atoms with Gasteiger partial charge in [0.2, 0.25) is 5.91 Å². The van der Waals surface area contributed by atoms with Gasteiger partial charge in [-0.1, -0.05) is 29.8 Å². The molecule has 5 heteroatoms. The summed E-state index contributed by atoms with van der Waals surface area (Å²) >= 11 is 3.47. The minimum atomic E-state index is -0.0654. The number of rotatable bonds is 3. The molecule has 4 rings (SSSR count). The smallest absolute Gasteiger partial charge is 0.240 e. The van der Waals surface area contributed by atoms with E-state index < -0.39 is 0 Å². The summed E-state index contributed by atoms with van der Waals surface area (Å²) in [6, 6.07) is 10.4. The van der Waals surface area contributed by atoms with Gasteiger partial charge in [0.15, 0.2) is 0 Å². The van der Waals surface area contributed by atoms with Gasteiger partial charge in [-0.2, -0.15) is 0 Å². The molecule has 1 unspecified atom stereocenters. The van der Waals surface area contributed by atoms with Crippen LogP contribution in [0.2, 0.25) is 0 Å². The monoisotopic (exact) mass is 411 g/mol. The summed E-state index contributed by atoms with van der Waals surface area (Å²) in [6.07, 6.45) is 2.70. The van der Waals surface area contributed by atoms with Crippen molar-refractivity contribution in [3.63, 3.8) is 0 Å². The number of aromatic nitrogens is 2. The molecule has 1 amide bonds. The number of amides is 1. The molecule has 1 aliphatic rings. The Kier molecular flexibility index (Phi) is 4.35. The van der Waals surface area contributed by atoms with Gasteiger partial charge >= 0.3 is 0 Å². The van der Waals surface area contributed by atoms with E-state index in [9.17, 15) is 4.79 Å². The Balaban J connectivity index is 1.88. The minimum Gasteiger partial charge on any atom is -0.354 e. The molecular formula is C21H22BrN3O. The van der Waals surface area contributed by atoms with Crippen molar-refractivity contribution in [1.29, 1.82) is 0 Å². The molecule has 0 saturated carbocycles. The van der Waals surface area contributed by atoms with Gasteiger partial charge in [-0.25, -0.2) is 0 Å². The van der Waals surface area contributed by atoms with Crippen LogP contribution >= 0.6 is 15.9 Å². The Morgan fingerprint density at radius 2 is 2.08 bits per heavy atom. The molecule has 26 heavy (non-hydrogen) atoms. The summed E-state index contributed by atoms with van der Waals surface area (Å²) in [5.41, 5.74) is 6.66. The number of fused-ring (bicyclic) bond motifs is 1. The first-order valence-corrected chi connectivity index (χ1v) is 9.91. The van der Waals surface area contributed by atoms with E-state index in [-0.39, 0.29) is 10.7 Å². The summed E-state index contributed by atoms with van der Waals surface area (Å²) in [6.45, 7) is 7.19. The fraction of sp³-hybridized carbons (Fsp3) is 0.333. The second-order valence-electron chi connectivity index (χ2n) is 7.23. The highest BCUT2D eigenvalue weighted by atomic mass is 79.9. The number of aryl methyl sites for hydroxylation is 1. The number of pyridine rings is 1. The molecule has 1 fully saturated rings. The van der Waals surface area contributed by atoms with Gasteiger partial charge in [-0.05, 0) is 55.2 Å². The topological polar surface area (TPSA) is 49.0 Å². The lowest BCUT2D eigenvalue weighted by molar-refractivity contribution is -0.116. The highest BCUT2D eigenvalue weighted by Gasteiger charge is 2.30. The molecule has 4 nitrogen and oxygen atoms in total. The van der Waals surface area contributed by atoms with Crippen molar-refractivity contribution in [3.8, 4) is 11.3 Å². The SMILES string of the molecule is Cc1cc(-c2[nH]c3ccc(N4CCC(Br)C4=O)cc3c2C(C)C)ccn1. The zero-order valence-electron chi connectivity index (χ0n) is 15.2. The van der Waals surface area contributed by atoms with Crippen molar-refractivity contribution in [2.45, 2.75) is 37.9 Å². The Morgan fingerprint density at radius 3 is 2.73 bits per heavy atom. The van der Waals surface area contributed by atoms with Crippen molar-refractivity contribution in [2.24, 2.45) is 0 Å². The number of carbonyl (C=O) groups is 1. The summed E-state index contributed by atoms with van der Waals surface area (Å²) in [5, 5.41) is 1.19. The zero-order valence-corrected chi connectivity index (χ0v) is 16.8. The molecule has 1 aliphatic heterocycles. The number of carbonyl (C=O) groups excluding carboxylic acids is 1. The first-order valence-electron chi connectivity index (χ1n) is 9.00. The number of hydrogen-bond donors (Lipinski definition) is 1. The van der Waals surface area contributed by atoms with Crippen LogP contribution in [-0.2, 0) is 4.79 Å². The number of benzene rings is 1. The molecule has 3 aromatic rings. The first kappa shape index (κ1) is 17.3. The molecule has 0 radical (unpaired) electrons. The number of hydrogen-bond acceptors (Lipinski definition) is 2. The molecule has 1 saturated heterocycles. The van der Waals surface area contributed by atoms with E-state index in [1.54, 1.807) is 0 Å². The van der Waals surface area contributed by atoms with E-state index in [0.717, 1.165) is 41.1 Å². The molecule has 134 valence electrons. The summed E-state index contributed by atoms with van der Waals surface area (Å²) < 4.78 is 0. The molecule has 1 atom stereocenters. The van der Waals surface area contributed by atoms with Gasteiger partial charge in [-0.3, -0.25) is 9.78 Å². The van der Waals surface area contributed by atoms with Crippen LogP contribution < -0.4 is 4.90 Å². The maximum atomic E-state index is 12.4. The lowest BCUT2D eigenvalue weighted by Crippen LogP contribution is -2.26. The third kappa shape index (κ3) is 2.84. The van der Waals surface area contributed by atoms with Crippen molar-refractivity contribution >= 4 is 38.4 Å². The van der Waals surface area contributed by atoms with Crippen LogP contribution in [0.5, 0.6) is 0 Å².